The van der Waals surface area contributed by atoms with Crippen molar-refractivity contribution in [3.05, 3.63) is 29.0 Å². The van der Waals surface area contributed by atoms with E-state index in [4.69, 9.17) is 11.6 Å². The molecule has 0 saturated heterocycles. The zero-order valence-corrected chi connectivity index (χ0v) is 12.8. The third kappa shape index (κ3) is 4.42. The van der Waals surface area contributed by atoms with E-state index in [1.165, 1.54) is 6.07 Å². The highest BCUT2D eigenvalue weighted by molar-refractivity contribution is 6.41. The van der Waals surface area contributed by atoms with Gasteiger partial charge in [0.15, 0.2) is 0 Å². The minimum atomic E-state index is -0.954. The van der Waals surface area contributed by atoms with Crippen molar-refractivity contribution in [1.82, 2.24) is 5.32 Å². The summed E-state index contributed by atoms with van der Waals surface area (Å²) in [6.07, 6.45) is 4.07. The van der Waals surface area contributed by atoms with Crippen molar-refractivity contribution < 1.29 is 19.1 Å². The molecule has 1 fully saturated rings. The molecule has 5 nitrogen and oxygen atoms in total. The van der Waals surface area contributed by atoms with Gasteiger partial charge in [-0.15, -0.1) is 0 Å². The Hall–Kier alpha value is -1.66. The Morgan fingerprint density at radius 3 is 2.59 bits per heavy atom. The van der Waals surface area contributed by atoms with Crippen LogP contribution in [0.2, 0.25) is 5.02 Å². The molecule has 2 rings (SSSR count). The minimum absolute atomic E-state index is 0.0239. The van der Waals surface area contributed by atoms with Gasteiger partial charge in [0.1, 0.15) is 5.82 Å². The summed E-state index contributed by atoms with van der Waals surface area (Å²) in [5.41, 5.74) is -0.928. The van der Waals surface area contributed by atoms with Crippen LogP contribution >= 0.6 is 11.6 Å². The van der Waals surface area contributed by atoms with E-state index in [1.807, 2.05) is 0 Å². The highest BCUT2D eigenvalue weighted by Crippen LogP contribution is 2.27. The summed E-state index contributed by atoms with van der Waals surface area (Å²) >= 11 is 5.81. The average molecular weight is 329 g/mol. The molecule has 1 aromatic rings. The first-order valence-electron chi connectivity index (χ1n) is 7.16. The fourth-order valence-electron chi connectivity index (χ4n) is 2.48. The predicted molar refractivity (Wildman–Crippen MR) is 81.1 cm³/mol. The van der Waals surface area contributed by atoms with Crippen LogP contribution in [0.5, 0.6) is 0 Å². The lowest BCUT2D eigenvalue weighted by Gasteiger charge is -2.31. The maximum absolute atomic E-state index is 13.1. The largest absolute Gasteiger partial charge is 0.388 e. The fraction of sp³-hybridized carbons (Fsp3) is 0.467. The number of carbonyl (C=O) groups excluding carboxylic acids is 2. The van der Waals surface area contributed by atoms with Crippen LogP contribution in [-0.4, -0.2) is 29.1 Å². The Morgan fingerprint density at radius 1 is 1.23 bits per heavy atom. The molecule has 0 heterocycles. The van der Waals surface area contributed by atoms with Crippen molar-refractivity contribution in [3.63, 3.8) is 0 Å². The number of carbonyl (C=O) groups is 2. The summed E-state index contributed by atoms with van der Waals surface area (Å²) in [5, 5.41) is 15.0. The number of halogens is 2. The fourth-order valence-corrected chi connectivity index (χ4v) is 2.65. The maximum Gasteiger partial charge on any atom is 0.313 e. The smallest absolute Gasteiger partial charge is 0.313 e. The lowest BCUT2D eigenvalue weighted by Crippen LogP contribution is -2.47. The number of anilines is 1. The van der Waals surface area contributed by atoms with Gasteiger partial charge in [-0.3, -0.25) is 9.59 Å². The molecule has 0 aliphatic heterocycles. The van der Waals surface area contributed by atoms with Crippen molar-refractivity contribution in [1.29, 1.82) is 0 Å². The second kappa shape index (κ2) is 7.07. The molecule has 0 unspecified atom stereocenters. The number of benzene rings is 1. The zero-order valence-electron chi connectivity index (χ0n) is 12.0. The molecule has 0 bridgehead atoms. The van der Waals surface area contributed by atoms with Gasteiger partial charge in [-0.2, -0.15) is 0 Å². The van der Waals surface area contributed by atoms with Gasteiger partial charge in [-0.05, 0) is 31.0 Å². The van der Waals surface area contributed by atoms with Crippen molar-refractivity contribution in [3.8, 4) is 0 Å². The summed E-state index contributed by atoms with van der Waals surface area (Å²) in [7, 11) is 0. The lowest BCUT2D eigenvalue weighted by molar-refractivity contribution is -0.137. The summed E-state index contributed by atoms with van der Waals surface area (Å²) in [4.78, 5) is 23.5. The van der Waals surface area contributed by atoms with Crippen LogP contribution in [0.3, 0.4) is 0 Å². The van der Waals surface area contributed by atoms with Crippen molar-refractivity contribution in [2.75, 3.05) is 11.9 Å². The van der Waals surface area contributed by atoms with Gasteiger partial charge in [-0.1, -0.05) is 30.9 Å². The van der Waals surface area contributed by atoms with Gasteiger partial charge in [0.05, 0.1) is 16.3 Å². The van der Waals surface area contributed by atoms with Crippen LogP contribution in [-0.2, 0) is 9.59 Å². The maximum atomic E-state index is 13.1. The van der Waals surface area contributed by atoms with Gasteiger partial charge < -0.3 is 15.7 Å². The highest BCUT2D eigenvalue weighted by atomic mass is 35.5. The minimum Gasteiger partial charge on any atom is -0.388 e. The number of hydrogen-bond acceptors (Lipinski definition) is 3. The molecule has 1 saturated carbocycles. The first-order chi connectivity index (χ1) is 10.4. The van der Waals surface area contributed by atoms with Crippen molar-refractivity contribution in [2.45, 2.75) is 37.7 Å². The molecule has 7 heteroatoms. The van der Waals surface area contributed by atoms with E-state index in [1.54, 1.807) is 0 Å². The quantitative estimate of drug-likeness (QED) is 0.744. The van der Waals surface area contributed by atoms with E-state index < -0.39 is 23.2 Å². The molecule has 0 spiro atoms. The van der Waals surface area contributed by atoms with Gasteiger partial charge in [-0.25, -0.2) is 4.39 Å². The first-order valence-corrected chi connectivity index (χ1v) is 7.54. The van der Waals surface area contributed by atoms with Gasteiger partial charge >= 0.3 is 11.8 Å². The Bertz CT molecular complexity index is 574. The topological polar surface area (TPSA) is 78.4 Å². The molecule has 0 atom stereocenters. The summed E-state index contributed by atoms with van der Waals surface area (Å²) in [5.74, 6) is -2.41. The second-order valence-electron chi connectivity index (χ2n) is 5.55. The van der Waals surface area contributed by atoms with E-state index >= 15 is 0 Å². The van der Waals surface area contributed by atoms with Crippen LogP contribution in [0.1, 0.15) is 32.1 Å². The van der Waals surface area contributed by atoms with Crippen molar-refractivity contribution in [2.24, 2.45) is 0 Å². The molecule has 1 aromatic carbocycles. The van der Waals surface area contributed by atoms with Crippen LogP contribution in [0, 0.1) is 5.82 Å². The Morgan fingerprint density at radius 2 is 1.91 bits per heavy atom. The number of nitrogens with one attached hydrogen (secondary N) is 2. The van der Waals surface area contributed by atoms with E-state index in [2.05, 4.69) is 10.6 Å². The van der Waals surface area contributed by atoms with E-state index in [9.17, 15) is 19.1 Å². The molecule has 0 radical (unpaired) electrons. The van der Waals surface area contributed by atoms with Crippen LogP contribution in [0.4, 0.5) is 10.1 Å². The summed E-state index contributed by atoms with van der Waals surface area (Å²) in [6.45, 7) is 0.0239. The average Bonchev–Trinajstić information content (AvgIpc) is 2.49. The van der Waals surface area contributed by atoms with E-state index in [0.29, 0.717) is 12.8 Å². The Balaban J connectivity index is 1.89. The molecule has 1 aliphatic rings. The van der Waals surface area contributed by atoms with Crippen LogP contribution in [0.15, 0.2) is 18.2 Å². The van der Waals surface area contributed by atoms with E-state index in [-0.39, 0.29) is 17.3 Å². The molecule has 120 valence electrons. The number of hydrogen-bond donors (Lipinski definition) is 3. The third-order valence-corrected chi connectivity index (χ3v) is 4.07. The van der Waals surface area contributed by atoms with Crippen LogP contribution < -0.4 is 10.6 Å². The standard InChI is InChI=1S/C15H18ClFN2O3/c16-11-5-4-10(17)8-12(11)19-14(21)13(20)18-9-15(22)6-2-1-3-7-15/h4-5,8,22H,1-3,6-7,9H2,(H,18,20)(H,19,21). The predicted octanol–water partition coefficient (Wildman–Crippen LogP) is 2.23. The SMILES string of the molecule is O=C(NCC1(O)CCCCC1)C(=O)Nc1cc(F)ccc1Cl. The zero-order chi connectivity index (χ0) is 16.2. The third-order valence-electron chi connectivity index (χ3n) is 3.75. The number of rotatable bonds is 3. The molecule has 3 N–H and O–H groups in total. The number of amides is 2. The Kier molecular flexibility index (Phi) is 5.37. The molecule has 1 aliphatic carbocycles. The molecule has 22 heavy (non-hydrogen) atoms. The number of aliphatic hydroxyl groups is 1. The second-order valence-corrected chi connectivity index (χ2v) is 5.95. The molecule has 0 aromatic heterocycles. The molecular weight excluding hydrogens is 311 g/mol. The van der Waals surface area contributed by atoms with Gasteiger partial charge in [0.2, 0.25) is 0 Å². The Labute approximate surface area is 132 Å². The molecule has 2 amide bonds. The summed E-state index contributed by atoms with van der Waals surface area (Å²) < 4.78 is 13.1. The molecular formula is C15H18ClFN2O3. The summed E-state index contributed by atoms with van der Waals surface area (Å²) in [6, 6.07) is 3.47. The lowest BCUT2D eigenvalue weighted by atomic mass is 9.85. The van der Waals surface area contributed by atoms with Gasteiger partial charge in [0, 0.05) is 6.54 Å². The van der Waals surface area contributed by atoms with Crippen LogP contribution in [0.25, 0.3) is 0 Å². The monoisotopic (exact) mass is 328 g/mol. The normalized spacial score (nSPS) is 16.9. The first kappa shape index (κ1) is 16.7. The van der Waals surface area contributed by atoms with Gasteiger partial charge in [0.25, 0.3) is 0 Å². The van der Waals surface area contributed by atoms with E-state index in [0.717, 1.165) is 31.4 Å². The highest BCUT2D eigenvalue weighted by Gasteiger charge is 2.30. The van der Waals surface area contributed by atoms with Crippen molar-refractivity contribution >= 4 is 29.1 Å².